The molecule has 7 heteroatoms. The Morgan fingerprint density at radius 3 is 2.55 bits per heavy atom. The number of ether oxygens (including phenoxy) is 1. The van der Waals surface area contributed by atoms with Gasteiger partial charge in [0, 0.05) is 24.6 Å². The van der Waals surface area contributed by atoms with Crippen LogP contribution < -0.4 is 10.1 Å². The first-order valence-electron chi connectivity index (χ1n) is 11.0. The predicted molar refractivity (Wildman–Crippen MR) is 120 cm³/mol. The molecule has 1 fully saturated rings. The maximum absolute atomic E-state index is 13.1. The van der Waals surface area contributed by atoms with Gasteiger partial charge in [0.1, 0.15) is 5.75 Å². The number of para-hydroxylation sites is 1. The largest absolute Gasteiger partial charge is 0.496 e. The predicted octanol–water partition coefficient (Wildman–Crippen LogP) is 3.46. The molecule has 2 aromatic rings. The van der Waals surface area contributed by atoms with Gasteiger partial charge in [-0.3, -0.25) is 4.79 Å². The third-order valence-electron chi connectivity index (χ3n) is 6.50. The Morgan fingerprint density at radius 1 is 1.10 bits per heavy atom. The number of nitrogens with one attached hydrogen (secondary N) is 1. The van der Waals surface area contributed by atoms with Gasteiger partial charge in [-0.1, -0.05) is 24.3 Å². The van der Waals surface area contributed by atoms with Crippen LogP contribution in [-0.2, 0) is 27.7 Å². The molecule has 31 heavy (non-hydrogen) atoms. The molecular weight excluding hydrogens is 412 g/mol. The Hall–Kier alpha value is -2.38. The summed E-state index contributed by atoms with van der Waals surface area (Å²) in [4.78, 5) is 13.2. The van der Waals surface area contributed by atoms with Crippen molar-refractivity contribution in [1.29, 1.82) is 0 Å². The summed E-state index contributed by atoms with van der Waals surface area (Å²) in [5.41, 5.74) is 3.34. The molecule has 1 aliphatic carbocycles. The van der Waals surface area contributed by atoms with Gasteiger partial charge in [0.15, 0.2) is 0 Å². The number of carbonyl (C=O) groups excluding carboxylic acids is 1. The van der Waals surface area contributed by atoms with E-state index < -0.39 is 10.0 Å². The average Bonchev–Trinajstić information content (AvgIpc) is 3.27. The lowest BCUT2D eigenvalue weighted by Gasteiger charge is -2.31. The quantitative estimate of drug-likeness (QED) is 0.743. The highest BCUT2D eigenvalue weighted by molar-refractivity contribution is 7.89. The summed E-state index contributed by atoms with van der Waals surface area (Å²) in [5.74, 6) is 0.516. The lowest BCUT2D eigenvalue weighted by atomic mass is 9.96. The maximum Gasteiger partial charge on any atom is 0.243 e. The van der Waals surface area contributed by atoms with Crippen LogP contribution in [0.25, 0.3) is 0 Å². The zero-order valence-corrected chi connectivity index (χ0v) is 19.0. The second kappa shape index (κ2) is 9.01. The second-order valence-electron chi connectivity index (χ2n) is 8.43. The maximum atomic E-state index is 13.1. The van der Waals surface area contributed by atoms with Crippen molar-refractivity contribution in [1.82, 2.24) is 9.62 Å². The molecule has 6 nitrogen and oxygen atoms in total. The van der Waals surface area contributed by atoms with Crippen LogP contribution in [0.5, 0.6) is 5.75 Å². The van der Waals surface area contributed by atoms with Crippen molar-refractivity contribution >= 4 is 15.9 Å². The van der Waals surface area contributed by atoms with Gasteiger partial charge >= 0.3 is 0 Å². The molecule has 1 N–H and O–H groups in total. The van der Waals surface area contributed by atoms with Gasteiger partial charge < -0.3 is 10.1 Å². The molecule has 1 amide bonds. The van der Waals surface area contributed by atoms with E-state index in [1.165, 1.54) is 9.87 Å². The molecule has 0 saturated carbocycles. The van der Waals surface area contributed by atoms with E-state index in [1.54, 1.807) is 13.2 Å². The van der Waals surface area contributed by atoms with Crippen LogP contribution in [0, 0.1) is 5.92 Å². The van der Waals surface area contributed by atoms with E-state index in [0.29, 0.717) is 30.8 Å². The number of aryl methyl sites for hydroxylation is 2. The topological polar surface area (TPSA) is 75.7 Å². The van der Waals surface area contributed by atoms with Crippen LogP contribution in [0.1, 0.15) is 48.9 Å². The van der Waals surface area contributed by atoms with E-state index in [-0.39, 0.29) is 17.9 Å². The Bertz CT molecular complexity index is 1060. The molecule has 2 aromatic carbocycles. The molecule has 0 spiro atoms. The lowest BCUT2D eigenvalue weighted by molar-refractivity contribution is -0.126. The summed E-state index contributed by atoms with van der Waals surface area (Å²) < 4.78 is 33.1. The minimum atomic E-state index is -3.52. The van der Waals surface area contributed by atoms with Crippen molar-refractivity contribution in [2.24, 2.45) is 5.92 Å². The number of amides is 1. The fraction of sp³-hybridized carbons (Fsp3) is 0.458. The summed E-state index contributed by atoms with van der Waals surface area (Å²) in [6, 6.07) is 13.0. The van der Waals surface area contributed by atoms with Gasteiger partial charge in [-0.2, -0.15) is 4.31 Å². The Balaban J connectivity index is 1.37. The van der Waals surface area contributed by atoms with E-state index in [1.807, 2.05) is 43.3 Å². The molecule has 1 aliphatic heterocycles. The third-order valence-corrected chi connectivity index (χ3v) is 8.39. The summed E-state index contributed by atoms with van der Waals surface area (Å²) >= 11 is 0. The number of carbonyl (C=O) groups is 1. The molecule has 4 rings (SSSR count). The van der Waals surface area contributed by atoms with E-state index in [4.69, 9.17) is 4.74 Å². The van der Waals surface area contributed by atoms with Crippen LogP contribution in [0.15, 0.2) is 47.4 Å². The van der Waals surface area contributed by atoms with Gasteiger partial charge in [0.05, 0.1) is 18.0 Å². The van der Waals surface area contributed by atoms with Crippen LogP contribution in [0.2, 0.25) is 0 Å². The molecule has 0 radical (unpaired) electrons. The van der Waals surface area contributed by atoms with Gasteiger partial charge in [-0.05, 0) is 68.4 Å². The number of hydrogen-bond donors (Lipinski definition) is 1. The number of piperidine rings is 1. The number of methoxy groups -OCH3 is 1. The van der Waals surface area contributed by atoms with Crippen LogP contribution in [0.3, 0.4) is 0 Å². The molecule has 1 atom stereocenters. The summed E-state index contributed by atoms with van der Waals surface area (Å²) in [6.07, 6.45) is 4.12. The van der Waals surface area contributed by atoms with Crippen molar-refractivity contribution < 1.29 is 17.9 Å². The normalized spacial score (nSPS) is 18.4. The average molecular weight is 443 g/mol. The lowest BCUT2D eigenvalue weighted by Crippen LogP contribution is -2.43. The molecule has 2 aliphatic rings. The first kappa shape index (κ1) is 21.8. The van der Waals surface area contributed by atoms with Gasteiger partial charge in [0.2, 0.25) is 15.9 Å². The van der Waals surface area contributed by atoms with Crippen molar-refractivity contribution in [3.05, 3.63) is 59.2 Å². The van der Waals surface area contributed by atoms with E-state index in [9.17, 15) is 13.2 Å². The summed E-state index contributed by atoms with van der Waals surface area (Å²) in [6.45, 7) is 2.66. The van der Waals surface area contributed by atoms with Gasteiger partial charge in [0.25, 0.3) is 0 Å². The fourth-order valence-electron chi connectivity index (χ4n) is 4.65. The molecule has 0 aromatic heterocycles. The minimum absolute atomic E-state index is 0.0343. The van der Waals surface area contributed by atoms with E-state index in [2.05, 4.69) is 5.32 Å². The zero-order chi connectivity index (χ0) is 22.0. The fourth-order valence-corrected chi connectivity index (χ4v) is 6.17. The molecule has 1 heterocycles. The smallest absolute Gasteiger partial charge is 0.243 e. The Labute approximate surface area is 184 Å². The first-order chi connectivity index (χ1) is 14.9. The summed E-state index contributed by atoms with van der Waals surface area (Å²) in [7, 11) is -1.91. The summed E-state index contributed by atoms with van der Waals surface area (Å²) in [5, 5.41) is 3.07. The third kappa shape index (κ3) is 4.48. The van der Waals surface area contributed by atoms with Crippen LogP contribution in [-0.4, -0.2) is 38.8 Å². The zero-order valence-electron chi connectivity index (χ0n) is 18.1. The van der Waals surface area contributed by atoms with Gasteiger partial charge in [-0.15, -0.1) is 0 Å². The molecule has 166 valence electrons. The second-order valence-corrected chi connectivity index (χ2v) is 10.4. The number of fused-ring (bicyclic) bond motifs is 1. The van der Waals surface area contributed by atoms with Crippen molar-refractivity contribution in [2.45, 2.75) is 50.0 Å². The minimum Gasteiger partial charge on any atom is -0.496 e. The number of hydrogen-bond acceptors (Lipinski definition) is 4. The molecule has 1 unspecified atom stereocenters. The Kier molecular flexibility index (Phi) is 6.34. The van der Waals surface area contributed by atoms with Crippen molar-refractivity contribution in [2.75, 3.05) is 20.2 Å². The van der Waals surface area contributed by atoms with Crippen molar-refractivity contribution in [3.63, 3.8) is 0 Å². The van der Waals surface area contributed by atoms with Crippen LogP contribution in [0.4, 0.5) is 0 Å². The number of sulfonamides is 1. The molecule has 0 bridgehead atoms. The highest BCUT2D eigenvalue weighted by Gasteiger charge is 2.33. The highest BCUT2D eigenvalue weighted by Crippen LogP contribution is 2.29. The number of nitrogens with zero attached hydrogens (tertiary/aromatic N) is 1. The Morgan fingerprint density at radius 2 is 1.81 bits per heavy atom. The highest BCUT2D eigenvalue weighted by atomic mass is 32.2. The molecular formula is C24H30N2O4S. The number of benzene rings is 2. The van der Waals surface area contributed by atoms with E-state index in [0.717, 1.165) is 36.1 Å². The first-order valence-corrected chi connectivity index (χ1v) is 12.4. The SMILES string of the molecule is COc1ccccc1C(C)NC(=O)C1CCN(S(=O)(=O)c2ccc3c(c2)CCC3)CC1. The number of rotatable bonds is 6. The monoisotopic (exact) mass is 442 g/mol. The standard InChI is InChI=1S/C24H30N2O4S/c1-17(22-8-3-4-9-23(22)30-2)25-24(27)19-12-14-26(15-13-19)31(28,29)21-11-10-18-6-5-7-20(18)16-21/h3-4,8-11,16-17,19H,5-7,12-15H2,1-2H3,(H,25,27). The van der Waals surface area contributed by atoms with Gasteiger partial charge in [-0.25, -0.2) is 8.42 Å². The van der Waals surface area contributed by atoms with E-state index >= 15 is 0 Å². The van der Waals surface area contributed by atoms with Crippen LogP contribution >= 0.6 is 0 Å². The van der Waals surface area contributed by atoms with Crippen molar-refractivity contribution in [3.8, 4) is 5.75 Å². The molecule has 1 saturated heterocycles.